The minimum absolute atomic E-state index is 0.256. The fourth-order valence-corrected chi connectivity index (χ4v) is 3.59. The van der Waals surface area contributed by atoms with E-state index < -0.39 is 0 Å². The molecule has 8 heteroatoms. The second-order valence-corrected chi connectivity index (χ2v) is 7.62. The Morgan fingerprint density at radius 1 is 1.03 bits per heavy atom. The summed E-state index contributed by atoms with van der Waals surface area (Å²) in [7, 11) is 0. The monoisotopic (exact) mass is 426 g/mol. The lowest BCUT2D eigenvalue weighted by Gasteiger charge is -2.10. The topological polar surface area (TPSA) is 109 Å². The number of nitrogens with one attached hydrogen (secondary N) is 3. The Hall–Kier alpha value is -4.20. The van der Waals surface area contributed by atoms with Gasteiger partial charge in [0, 0.05) is 35.7 Å². The second kappa shape index (κ2) is 8.50. The highest BCUT2D eigenvalue weighted by atomic mass is 16.3. The van der Waals surface area contributed by atoms with Crippen molar-refractivity contribution in [3.8, 4) is 0 Å². The number of Topliss-reactive ketones (excluding diaryl/α,β-unsaturated/α-hetero) is 1. The van der Waals surface area contributed by atoms with Crippen molar-refractivity contribution in [2.24, 2.45) is 0 Å². The molecule has 0 aliphatic rings. The van der Waals surface area contributed by atoms with Crippen LogP contribution in [0.25, 0.3) is 22.0 Å². The molecule has 0 fully saturated rings. The largest absolute Gasteiger partial charge is 0.459 e. The molecular formula is C24H22N6O2. The molecule has 0 amide bonds. The number of aromatic amines is 1. The number of fused-ring (bicyclic) bond motifs is 2. The molecule has 0 bridgehead atoms. The van der Waals surface area contributed by atoms with Crippen LogP contribution >= 0.6 is 0 Å². The molecule has 0 saturated carbocycles. The van der Waals surface area contributed by atoms with Gasteiger partial charge in [0.2, 0.25) is 5.95 Å². The molecule has 0 unspecified atom stereocenters. The van der Waals surface area contributed by atoms with Crippen molar-refractivity contribution in [1.29, 1.82) is 0 Å². The van der Waals surface area contributed by atoms with Gasteiger partial charge in [0.1, 0.15) is 11.3 Å². The van der Waals surface area contributed by atoms with Crippen molar-refractivity contribution < 1.29 is 9.21 Å². The molecule has 0 aliphatic carbocycles. The zero-order valence-corrected chi connectivity index (χ0v) is 17.6. The molecule has 5 aromatic rings. The van der Waals surface area contributed by atoms with Crippen molar-refractivity contribution in [3.05, 3.63) is 66.6 Å². The number of ketones is 1. The maximum atomic E-state index is 11.9. The van der Waals surface area contributed by atoms with E-state index in [0.29, 0.717) is 35.7 Å². The Morgan fingerprint density at radius 2 is 1.88 bits per heavy atom. The van der Waals surface area contributed by atoms with Crippen LogP contribution in [0.15, 0.2) is 65.4 Å². The Labute approximate surface area is 184 Å². The number of furan rings is 1. The summed E-state index contributed by atoms with van der Waals surface area (Å²) in [6, 6.07) is 15.5. The van der Waals surface area contributed by atoms with E-state index in [1.165, 1.54) is 0 Å². The van der Waals surface area contributed by atoms with Gasteiger partial charge in [-0.15, -0.1) is 0 Å². The quantitative estimate of drug-likeness (QED) is 0.301. The van der Waals surface area contributed by atoms with E-state index in [0.717, 1.165) is 34.3 Å². The summed E-state index contributed by atoms with van der Waals surface area (Å²) >= 11 is 0. The Kier molecular flexibility index (Phi) is 5.25. The predicted molar refractivity (Wildman–Crippen MR) is 125 cm³/mol. The van der Waals surface area contributed by atoms with Crippen LogP contribution in [0.1, 0.15) is 25.3 Å². The van der Waals surface area contributed by atoms with Gasteiger partial charge in [0.05, 0.1) is 18.0 Å². The van der Waals surface area contributed by atoms with Gasteiger partial charge in [-0.2, -0.15) is 10.1 Å². The molecule has 0 spiro atoms. The van der Waals surface area contributed by atoms with Crippen molar-refractivity contribution in [3.63, 3.8) is 0 Å². The summed E-state index contributed by atoms with van der Waals surface area (Å²) in [5.41, 5.74) is 4.88. The average Bonchev–Trinajstić information content (AvgIpc) is 3.44. The molecular weight excluding hydrogens is 404 g/mol. The molecule has 32 heavy (non-hydrogen) atoms. The molecule has 3 heterocycles. The van der Waals surface area contributed by atoms with Crippen LogP contribution in [0.2, 0.25) is 0 Å². The van der Waals surface area contributed by atoms with E-state index in [9.17, 15) is 4.79 Å². The van der Waals surface area contributed by atoms with Crippen molar-refractivity contribution in [2.75, 3.05) is 10.6 Å². The summed E-state index contributed by atoms with van der Waals surface area (Å²) in [5.74, 6) is 1.26. The third kappa shape index (κ3) is 4.15. The number of carbonyl (C=O) groups excluding carboxylic acids is 1. The molecule has 2 aromatic carbocycles. The predicted octanol–water partition coefficient (Wildman–Crippen LogP) is 5.50. The average molecular weight is 426 g/mol. The molecule has 3 aromatic heterocycles. The number of hydrogen-bond donors (Lipinski definition) is 3. The van der Waals surface area contributed by atoms with Crippen molar-refractivity contribution in [1.82, 2.24) is 20.2 Å². The first-order chi connectivity index (χ1) is 15.7. The van der Waals surface area contributed by atoms with E-state index in [-0.39, 0.29) is 5.78 Å². The van der Waals surface area contributed by atoms with Crippen molar-refractivity contribution >= 4 is 50.9 Å². The second-order valence-electron chi connectivity index (χ2n) is 7.62. The highest BCUT2D eigenvalue weighted by Crippen LogP contribution is 2.28. The normalized spacial score (nSPS) is 11.2. The number of carbonyl (C=O) groups is 1. The fraction of sp³-hybridized carbons (Fsp3) is 0.167. The first kappa shape index (κ1) is 19.7. The third-order valence-corrected chi connectivity index (χ3v) is 5.15. The number of rotatable bonds is 8. The van der Waals surface area contributed by atoms with Gasteiger partial charge in [-0.25, -0.2) is 4.98 Å². The SMILES string of the molecule is CCCC(=O)Cc1ccc(Nc2nc(Nc3ccc4cn[nH]c4c3)c3occc3n2)cc1. The first-order valence-electron chi connectivity index (χ1n) is 10.5. The minimum Gasteiger partial charge on any atom is -0.459 e. The molecule has 0 aliphatic heterocycles. The smallest absolute Gasteiger partial charge is 0.230 e. The van der Waals surface area contributed by atoms with Crippen LogP contribution < -0.4 is 10.6 Å². The fourth-order valence-electron chi connectivity index (χ4n) is 3.59. The number of nitrogens with zero attached hydrogens (tertiary/aromatic N) is 3. The molecule has 8 nitrogen and oxygen atoms in total. The van der Waals surface area contributed by atoms with E-state index in [1.54, 1.807) is 18.5 Å². The third-order valence-electron chi connectivity index (χ3n) is 5.15. The number of H-pyrrole nitrogens is 1. The Balaban J connectivity index is 1.38. The zero-order chi connectivity index (χ0) is 21.9. The Morgan fingerprint density at radius 3 is 2.72 bits per heavy atom. The summed E-state index contributed by atoms with van der Waals surface area (Å²) in [5, 5.41) is 14.6. The van der Waals surface area contributed by atoms with Gasteiger partial charge in [-0.1, -0.05) is 19.1 Å². The van der Waals surface area contributed by atoms with Gasteiger partial charge < -0.3 is 15.1 Å². The van der Waals surface area contributed by atoms with Gasteiger partial charge in [-0.05, 0) is 42.3 Å². The maximum Gasteiger partial charge on any atom is 0.230 e. The standard InChI is InChI=1S/C24H22N6O2/c1-2-3-19(31)12-15-4-7-17(8-5-15)27-24-28-20-10-11-32-22(20)23(29-24)26-18-9-6-16-14-25-30-21(16)13-18/h4-11,13-14H,2-3,12H2,1H3,(H,25,30)(H2,26,27,28,29). The van der Waals surface area contributed by atoms with Gasteiger partial charge >= 0.3 is 0 Å². The van der Waals surface area contributed by atoms with Gasteiger partial charge in [0.25, 0.3) is 0 Å². The molecule has 5 rings (SSSR count). The number of benzene rings is 2. The molecule has 3 N–H and O–H groups in total. The summed E-state index contributed by atoms with van der Waals surface area (Å²) in [6.07, 6.45) is 5.32. The van der Waals surface area contributed by atoms with E-state index in [1.807, 2.05) is 49.4 Å². The molecule has 0 atom stereocenters. The molecule has 160 valence electrons. The van der Waals surface area contributed by atoms with Crippen LogP contribution in [0.3, 0.4) is 0 Å². The highest BCUT2D eigenvalue weighted by Gasteiger charge is 2.12. The van der Waals surface area contributed by atoms with E-state index in [2.05, 4.69) is 30.8 Å². The number of hydrogen-bond acceptors (Lipinski definition) is 7. The van der Waals surface area contributed by atoms with Crippen LogP contribution in [0.5, 0.6) is 0 Å². The summed E-state index contributed by atoms with van der Waals surface area (Å²) in [4.78, 5) is 21.0. The first-order valence-corrected chi connectivity index (χ1v) is 10.5. The maximum absolute atomic E-state index is 11.9. The number of aromatic nitrogens is 4. The lowest BCUT2D eigenvalue weighted by Crippen LogP contribution is -2.03. The van der Waals surface area contributed by atoms with Crippen LogP contribution in [0.4, 0.5) is 23.1 Å². The lowest BCUT2D eigenvalue weighted by molar-refractivity contribution is -0.118. The van der Waals surface area contributed by atoms with Crippen LogP contribution in [-0.2, 0) is 11.2 Å². The van der Waals surface area contributed by atoms with E-state index in [4.69, 9.17) is 4.42 Å². The lowest BCUT2D eigenvalue weighted by atomic mass is 10.1. The van der Waals surface area contributed by atoms with Gasteiger partial charge in [-0.3, -0.25) is 9.89 Å². The Bertz CT molecular complexity index is 1390. The van der Waals surface area contributed by atoms with Crippen molar-refractivity contribution in [2.45, 2.75) is 26.2 Å². The minimum atomic E-state index is 0.256. The van der Waals surface area contributed by atoms with Crippen LogP contribution in [0, 0.1) is 0 Å². The summed E-state index contributed by atoms with van der Waals surface area (Å²) in [6.45, 7) is 2.01. The highest BCUT2D eigenvalue weighted by molar-refractivity contribution is 5.89. The zero-order valence-electron chi connectivity index (χ0n) is 17.6. The van der Waals surface area contributed by atoms with Crippen LogP contribution in [-0.4, -0.2) is 25.9 Å². The molecule has 0 saturated heterocycles. The van der Waals surface area contributed by atoms with Gasteiger partial charge in [0.15, 0.2) is 11.4 Å². The molecule has 0 radical (unpaired) electrons. The van der Waals surface area contributed by atoms with E-state index >= 15 is 0 Å². The summed E-state index contributed by atoms with van der Waals surface area (Å²) < 4.78 is 5.60. The number of anilines is 4.